The maximum atomic E-state index is 12.7. The number of anilines is 2. The van der Waals surface area contributed by atoms with Gasteiger partial charge in [0.05, 0.1) is 17.0 Å². The summed E-state index contributed by atoms with van der Waals surface area (Å²) in [4.78, 5) is 22.8. The predicted octanol–water partition coefficient (Wildman–Crippen LogP) is 2.97. The van der Waals surface area contributed by atoms with Gasteiger partial charge in [0.25, 0.3) is 0 Å². The first-order valence-electron chi connectivity index (χ1n) is 8.38. The number of carbonyl (C=O) groups excluding carboxylic acids is 2. The SMILES string of the molecule is CCC(=O)Nc1cccc(NC(=O)CNS(=O)(=O)c2cccc(C(F)(F)F)c2)c1. The molecule has 0 atom stereocenters. The molecule has 0 heterocycles. The molecule has 0 saturated carbocycles. The molecule has 29 heavy (non-hydrogen) atoms. The standard InChI is InChI=1S/C18H18F3N3O4S/c1-2-16(25)23-13-6-4-7-14(10-13)24-17(26)11-22-29(27,28)15-8-3-5-12(9-15)18(19,20)21/h3-10,22H,2,11H2,1H3,(H,23,25)(H,24,26). The largest absolute Gasteiger partial charge is 0.416 e. The molecule has 7 nitrogen and oxygen atoms in total. The molecule has 0 unspecified atom stereocenters. The highest BCUT2D eigenvalue weighted by molar-refractivity contribution is 7.89. The van der Waals surface area contributed by atoms with Crippen LogP contribution in [0.1, 0.15) is 18.9 Å². The smallest absolute Gasteiger partial charge is 0.326 e. The quantitative estimate of drug-likeness (QED) is 0.629. The minimum Gasteiger partial charge on any atom is -0.326 e. The van der Waals surface area contributed by atoms with E-state index in [-0.39, 0.29) is 12.3 Å². The summed E-state index contributed by atoms with van der Waals surface area (Å²) in [5, 5.41) is 5.04. The van der Waals surface area contributed by atoms with E-state index in [0.717, 1.165) is 18.2 Å². The van der Waals surface area contributed by atoms with Crippen molar-refractivity contribution in [3.8, 4) is 0 Å². The third kappa shape index (κ3) is 6.57. The summed E-state index contributed by atoms with van der Waals surface area (Å²) < 4.78 is 64.5. The van der Waals surface area contributed by atoms with Gasteiger partial charge in [-0.1, -0.05) is 19.1 Å². The lowest BCUT2D eigenvalue weighted by atomic mass is 10.2. The zero-order valence-corrected chi connectivity index (χ0v) is 16.0. The first-order valence-corrected chi connectivity index (χ1v) is 9.86. The van der Waals surface area contributed by atoms with Crippen LogP contribution in [0.3, 0.4) is 0 Å². The van der Waals surface area contributed by atoms with Crippen molar-refractivity contribution in [1.82, 2.24) is 4.72 Å². The fourth-order valence-corrected chi connectivity index (χ4v) is 3.24. The molecule has 2 amide bonds. The first-order chi connectivity index (χ1) is 13.5. The summed E-state index contributed by atoms with van der Waals surface area (Å²) in [5.41, 5.74) is -0.364. The van der Waals surface area contributed by atoms with Gasteiger partial charge in [-0.3, -0.25) is 9.59 Å². The third-order valence-corrected chi connectivity index (χ3v) is 5.04. The molecule has 0 saturated heterocycles. The number of hydrogen-bond donors (Lipinski definition) is 3. The number of halogens is 3. The van der Waals surface area contributed by atoms with Crippen LogP contribution in [0.2, 0.25) is 0 Å². The Morgan fingerprint density at radius 2 is 1.52 bits per heavy atom. The van der Waals surface area contributed by atoms with Crippen molar-refractivity contribution in [2.45, 2.75) is 24.4 Å². The molecule has 0 aliphatic rings. The highest BCUT2D eigenvalue weighted by Crippen LogP contribution is 2.30. The summed E-state index contributed by atoms with van der Waals surface area (Å²) >= 11 is 0. The number of hydrogen-bond acceptors (Lipinski definition) is 4. The average Bonchev–Trinajstić information content (AvgIpc) is 2.66. The molecule has 0 aliphatic heterocycles. The molecule has 0 bridgehead atoms. The monoisotopic (exact) mass is 429 g/mol. The molecule has 3 N–H and O–H groups in total. The maximum absolute atomic E-state index is 12.7. The van der Waals surface area contributed by atoms with Crippen LogP contribution in [0.5, 0.6) is 0 Å². The molecule has 2 aromatic rings. The predicted molar refractivity (Wildman–Crippen MR) is 101 cm³/mol. The summed E-state index contributed by atoms with van der Waals surface area (Å²) in [7, 11) is -4.33. The summed E-state index contributed by atoms with van der Waals surface area (Å²) in [6.45, 7) is 0.988. The van der Waals surface area contributed by atoms with Crippen LogP contribution in [0.4, 0.5) is 24.5 Å². The van der Waals surface area contributed by atoms with Crippen molar-refractivity contribution in [2.75, 3.05) is 17.2 Å². The molecule has 0 radical (unpaired) electrons. The number of nitrogens with one attached hydrogen (secondary N) is 3. The highest BCUT2D eigenvalue weighted by Gasteiger charge is 2.31. The minimum atomic E-state index is -4.69. The zero-order chi connectivity index (χ0) is 21.7. The van der Waals surface area contributed by atoms with Crippen LogP contribution in [0.15, 0.2) is 53.4 Å². The van der Waals surface area contributed by atoms with E-state index < -0.39 is 39.1 Å². The van der Waals surface area contributed by atoms with Gasteiger partial charge in [0, 0.05) is 17.8 Å². The Hall–Kier alpha value is -2.92. The topological polar surface area (TPSA) is 104 Å². The number of alkyl halides is 3. The van der Waals surface area contributed by atoms with Gasteiger partial charge in [0.2, 0.25) is 21.8 Å². The molecule has 0 aromatic heterocycles. The Morgan fingerprint density at radius 1 is 0.931 bits per heavy atom. The first kappa shape index (κ1) is 22.4. The van der Waals surface area contributed by atoms with E-state index >= 15 is 0 Å². The van der Waals surface area contributed by atoms with Gasteiger partial charge in [-0.15, -0.1) is 0 Å². The van der Waals surface area contributed by atoms with E-state index in [0.29, 0.717) is 17.4 Å². The second-order valence-corrected chi connectivity index (χ2v) is 7.65. The summed E-state index contributed by atoms with van der Waals surface area (Å²) in [6, 6.07) is 9.39. The summed E-state index contributed by atoms with van der Waals surface area (Å²) in [5.74, 6) is -0.957. The van der Waals surface area contributed by atoms with Gasteiger partial charge in [0.1, 0.15) is 0 Å². The third-order valence-electron chi connectivity index (χ3n) is 3.65. The molecule has 0 aliphatic carbocycles. The van der Waals surface area contributed by atoms with E-state index in [1.54, 1.807) is 19.1 Å². The van der Waals surface area contributed by atoms with Crippen molar-refractivity contribution < 1.29 is 31.2 Å². The second-order valence-electron chi connectivity index (χ2n) is 5.88. The maximum Gasteiger partial charge on any atom is 0.416 e. The number of carbonyl (C=O) groups is 2. The Morgan fingerprint density at radius 3 is 2.10 bits per heavy atom. The molecule has 0 fully saturated rings. The molecule has 2 rings (SSSR count). The summed E-state index contributed by atoms with van der Waals surface area (Å²) in [6.07, 6.45) is -4.42. The van der Waals surface area contributed by atoms with Gasteiger partial charge in [-0.25, -0.2) is 13.1 Å². The van der Waals surface area contributed by atoms with Crippen molar-refractivity contribution in [1.29, 1.82) is 0 Å². The Kier molecular flexibility index (Phi) is 6.98. The highest BCUT2D eigenvalue weighted by atomic mass is 32.2. The lowest BCUT2D eigenvalue weighted by Crippen LogP contribution is -2.33. The van der Waals surface area contributed by atoms with E-state index in [4.69, 9.17) is 0 Å². The van der Waals surface area contributed by atoms with Gasteiger partial charge in [-0.05, 0) is 36.4 Å². The van der Waals surface area contributed by atoms with E-state index in [1.165, 1.54) is 12.1 Å². The number of rotatable bonds is 7. The van der Waals surface area contributed by atoms with Crippen molar-refractivity contribution in [3.63, 3.8) is 0 Å². The molecule has 2 aromatic carbocycles. The zero-order valence-electron chi connectivity index (χ0n) is 15.2. The minimum absolute atomic E-state index is 0.220. The Balaban J connectivity index is 2.02. The Labute approximate surface area is 165 Å². The van der Waals surface area contributed by atoms with E-state index in [1.807, 2.05) is 4.72 Å². The Bertz CT molecular complexity index is 1010. The van der Waals surface area contributed by atoms with Gasteiger partial charge in [-0.2, -0.15) is 13.2 Å². The van der Waals surface area contributed by atoms with Crippen LogP contribution in [0.25, 0.3) is 0 Å². The number of benzene rings is 2. The molecular formula is C18H18F3N3O4S. The van der Waals surface area contributed by atoms with Gasteiger partial charge >= 0.3 is 6.18 Å². The van der Waals surface area contributed by atoms with Gasteiger partial charge < -0.3 is 10.6 Å². The fraction of sp³-hybridized carbons (Fsp3) is 0.222. The van der Waals surface area contributed by atoms with Crippen molar-refractivity contribution in [2.24, 2.45) is 0 Å². The average molecular weight is 429 g/mol. The van der Waals surface area contributed by atoms with E-state index in [2.05, 4.69) is 10.6 Å². The second kappa shape index (κ2) is 9.05. The van der Waals surface area contributed by atoms with Crippen LogP contribution in [0, 0.1) is 0 Å². The molecule has 11 heteroatoms. The van der Waals surface area contributed by atoms with Crippen LogP contribution in [-0.4, -0.2) is 26.8 Å². The number of amides is 2. The van der Waals surface area contributed by atoms with Gasteiger partial charge in [0.15, 0.2) is 0 Å². The fourth-order valence-electron chi connectivity index (χ4n) is 2.21. The lowest BCUT2D eigenvalue weighted by molar-refractivity contribution is -0.137. The van der Waals surface area contributed by atoms with Crippen molar-refractivity contribution in [3.05, 3.63) is 54.1 Å². The van der Waals surface area contributed by atoms with Crippen LogP contribution in [-0.2, 0) is 25.8 Å². The van der Waals surface area contributed by atoms with Crippen molar-refractivity contribution >= 4 is 33.2 Å². The normalized spacial score (nSPS) is 11.7. The lowest BCUT2D eigenvalue weighted by Gasteiger charge is -2.11. The van der Waals surface area contributed by atoms with Crippen LogP contribution >= 0.6 is 0 Å². The molecular weight excluding hydrogens is 411 g/mol. The molecule has 0 spiro atoms. The van der Waals surface area contributed by atoms with Crippen LogP contribution < -0.4 is 15.4 Å². The molecule has 156 valence electrons. The number of sulfonamides is 1. The van der Waals surface area contributed by atoms with E-state index in [9.17, 15) is 31.2 Å².